The van der Waals surface area contributed by atoms with Crippen LogP contribution in [0, 0.1) is 5.82 Å². The maximum Gasteiger partial charge on any atom is 0.155 e. The smallest absolute Gasteiger partial charge is 0.155 e. The molecule has 0 aliphatic carbocycles. The maximum absolute atomic E-state index is 13.6. The van der Waals surface area contributed by atoms with Crippen LogP contribution in [0.5, 0.6) is 0 Å². The van der Waals surface area contributed by atoms with Crippen molar-refractivity contribution >= 4 is 25.8 Å². The average Bonchev–Trinajstić information content (AvgIpc) is 2.19. The number of halogens is 2. The number of rotatable bonds is 3. The van der Waals surface area contributed by atoms with Crippen molar-refractivity contribution in [2.45, 2.75) is 24.7 Å². The summed E-state index contributed by atoms with van der Waals surface area (Å²) in [6.07, 6.45) is -0.401. The Kier molecular flexibility index (Phi) is 4.01. The van der Waals surface area contributed by atoms with Gasteiger partial charge < -0.3 is 5.11 Å². The molecule has 0 aromatic heterocycles. The van der Waals surface area contributed by atoms with Gasteiger partial charge in [0.25, 0.3) is 0 Å². The highest BCUT2D eigenvalue weighted by Crippen LogP contribution is 2.34. The molecule has 1 aromatic rings. The van der Waals surface area contributed by atoms with E-state index in [2.05, 4.69) is 15.9 Å². The summed E-state index contributed by atoms with van der Waals surface area (Å²) in [7, 11) is -3.51. The molecule has 1 rings (SSSR count). The molecule has 17 heavy (non-hydrogen) atoms. The van der Waals surface area contributed by atoms with Crippen molar-refractivity contribution in [3.8, 4) is 0 Å². The summed E-state index contributed by atoms with van der Waals surface area (Å²) in [5.74, 6) is -0.627. The van der Waals surface area contributed by atoms with Gasteiger partial charge >= 0.3 is 0 Å². The molecule has 0 saturated carbocycles. The Morgan fingerprint density at radius 3 is 2.41 bits per heavy atom. The van der Waals surface area contributed by atoms with Crippen LogP contribution < -0.4 is 0 Å². The summed E-state index contributed by atoms with van der Waals surface area (Å²) in [5.41, 5.74) is -0.0326. The first-order valence-corrected chi connectivity index (χ1v) is 7.58. The minimum absolute atomic E-state index is 0.0326. The lowest BCUT2D eigenvalue weighted by Crippen LogP contribution is -2.38. The second-order valence-corrected chi connectivity index (χ2v) is 7.96. The molecule has 0 fully saturated rings. The number of sulfone groups is 1. The third kappa shape index (κ3) is 2.86. The van der Waals surface area contributed by atoms with E-state index in [0.29, 0.717) is 4.47 Å². The average molecular weight is 325 g/mol. The lowest BCUT2D eigenvalue weighted by atomic mass is 9.98. The molecule has 0 bridgehead atoms. The predicted octanol–water partition coefficient (Wildman–Crippen LogP) is 2.44. The summed E-state index contributed by atoms with van der Waals surface area (Å²) in [5, 5.41) is 10.0. The Bertz CT molecular complexity index is 526. The molecular formula is C11H14BrFO3S. The van der Waals surface area contributed by atoms with E-state index in [1.54, 1.807) is 0 Å². The lowest BCUT2D eigenvalue weighted by molar-refractivity contribution is 0.135. The number of benzene rings is 1. The fourth-order valence-corrected chi connectivity index (χ4v) is 2.21. The zero-order chi connectivity index (χ0) is 13.4. The van der Waals surface area contributed by atoms with Gasteiger partial charge in [0.15, 0.2) is 9.84 Å². The number of aliphatic hydroxyl groups is 1. The summed E-state index contributed by atoms with van der Waals surface area (Å²) in [6, 6.07) is 4.05. The van der Waals surface area contributed by atoms with Crippen LogP contribution in [0.4, 0.5) is 4.39 Å². The van der Waals surface area contributed by atoms with Crippen LogP contribution >= 0.6 is 15.9 Å². The predicted molar refractivity (Wildman–Crippen MR) is 68.0 cm³/mol. The molecular weight excluding hydrogens is 311 g/mol. The van der Waals surface area contributed by atoms with Crippen LogP contribution in [-0.4, -0.2) is 24.5 Å². The van der Waals surface area contributed by atoms with E-state index in [1.807, 2.05) is 0 Å². The SMILES string of the molecule is CC(C)(C(O)c1cc(Br)ccc1F)S(C)(=O)=O. The van der Waals surface area contributed by atoms with E-state index >= 15 is 0 Å². The zero-order valence-electron chi connectivity index (χ0n) is 9.74. The number of aliphatic hydroxyl groups excluding tert-OH is 1. The molecule has 0 spiro atoms. The van der Waals surface area contributed by atoms with Gasteiger partial charge in [-0.3, -0.25) is 0 Å². The van der Waals surface area contributed by atoms with Gasteiger partial charge in [0, 0.05) is 16.3 Å². The van der Waals surface area contributed by atoms with E-state index in [4.69, 9.17) is 0 Å². The first-order chi connectivity index (χ1) is 7.57. The third-order valence-electron chi connectivity index (χ3n) is 2.87. The van der Waals surface area contributed by atoms with Gasteiger partial charge in [0.2, 0.25) is 0 Å². The summed E-state index contributed by atoms with van der Waals surface area (Å²) < 4.78 is 35.8. The molecule has 1 N–H and O–H groups in total. The van der Waals surface area contributed by atoms with Gasteiger partial charge in [-0.05, 0) is 32.0 Å². The summed E-state index contributed by atoms with van der Waals surface area (Å²) in [4.78, 5) is 0. The van der Waals surface area contributed by atoms with Crippen molar-refractivity contribution in [2.24, 2.45) is 0 Å². The lowest BCUT2D eigenvalue weighted by Gasteiger charge is -2.29. The monoisotopic (exact) mass is 324 g/mol. The maximum atomic E-state index is 13.6. The van der Waals surface area contributed by atoms with Crippen LogP contribution in [0.2, 0.25) is 0 Å². The van der Waals surface area contributed by atoms with Gasteiger partial charge in [-0.1, -0.05) is 15.9 Å². The fourth-order valence-electron chi connectivity index (χ4n) is 1.30. The number of hydrogen-bond acceptors (Lipinski definition) is 3. The third-order valence-corrected chi connectivity index (χ3v) is 5.49. The minimum Gasteiger partial charge on any atom is -0.387 e. The van der Waals surface area contributed by atoms with Gasteiger partial charge in [-0.2, -0.15) is 0 Å². The molecule has 1 aromatic carbocycles. The Morgan fingerprint density at radius 2 is 1.94 bits per heavy atom. The van der Waals surface area contributed by atoms with Crippen molar-refractivity contribution in [3.05, 3.63) is 34.1 Å². The second kappa shape index (κ2) is 4.66. The first kappa shape index (κ1) is 14.6. The van der Waals surface area contributed by atoms with Gasteiger partial charge in [0.1, 0.15) is 11.9 Å². The van der Waals surface area contributed by atoms with Crippen LogP contribution in [0.3, 0.4) is 0 Å². The fraction of sp³-hybridized carbons (Fsp3) is 0.455. The Morgan fingerprint density at radius 1 is 1.41 bits per heavy atom. The largest absolute Gasteiger partial charge is 0.387 e. The minimum atomic E-state index is -3.51. The van der Waals surface area contributed by atoms with E-state index in [1.165, 1.54) is 32.0 Å². The van der Waals surface area contributed by atoms with Crippen molar-refractivity contribution in [3.63, 3.8) is 0 Å². The standard InChI is InChI=1S/C11H14BrFO3S/c1-11(2,17(3,15)16)10(14)8-6-7(12)4-5-9(8)13/h4-6,10,14H,1-3H3. The van der Waals surface area contributed by atoms with E-state index in [-0.39, 0.29) is 5.56 Å². The molecule has 0 amide bonds. The summed E-state index contributed by atoms with van der Waals surface area (Å²) in [6.45, 7) is 2.74. The number of hydrogen-bond donors (Lipinski definition) is 1. The summed E-state index contributed by atoms with van der Waals surface area (Å²) >= 11 is 3.15. The Labute approximate surface area is 109 Å². The molecule has 96 valence electrons. The molecule has 3 nitrogen and oxygen atoms in total. The molecule has 0 heterocycles. The highest BCUT2D eigenvalue weighted by atomic mass is 79.9. The normalized spacial score (nSPS) is 14.7. The van der Waals surface area contributed by atoms with Crippen molar-refractivity contribution < 1.29 is 17.9 Å². The van der Waals surface area contributed by atoms with Gasteiger partial charge in [-0.15, -0.1) is 0 Å². The molecule has 1 atom stereocenters. The van der Waals surface area contributed by atoms with Crippen LogP contribution in [0.15, 0.2) is 22.7 Å². The van der Waals surface area contributed by atoms with Gasteiger partial charge in [-0.25, -0.2) is 12.8 Å². The van der Waals surface area contributed by atoms with E-state index < -0.39 is 26.5 Å². The van der Waals surface area contributed by atoms with Gasteiger partial charge in [0.05, 0.1) is 4.75 Å². The Balaban J connectivity index is 3.30. The van der Waals surface area contributed by atoms with Crippen molar-refractivity contribution in [1.29, 1.82) is 0 Å². The molecule has 0 saturated heterocycles. The molecule has 1 unspecified atom stereocenters. The zero-order valence-corrected chi connectivity index (χ0v) is 12.1. The van der Waals surface area contributed by atoms with E-state index in [9.17, 15) is 17.9 Å². The van der Waals surface area contributed by atoms with E-state index in [0.717, 1.165) is 6.26 Å². The van der Waals surface area contributed by atoms with Crippen LogP contribution in [0.25, 0.3) is 0 Å². The molecule has 0 aliphatic rings. The second-order valence-electron chi connectivity index (χ2n) is 4.44. The highest BCUT2D eigenvalue weighted by molar-refractivity contribution is 9.10. The van der Waals surface area contributed by atoms with Crippen molar-refractivity contribution in [1.82, 2.24) is 0 Å². The molecule has 0 aliphatic heterocycles. The van der Waals surface area contributed by atoms with Crippen molar-refractivity contribution in [2.75, 3.05) is 6.26 Å². The Hall–Kier alpha value is -0.460. The van der Waals surface area contributed by atoms with Crippen LogP contribution in [-0.2, 0) is 9.84 Å². The quantitative estimate of drug-likeness (QED) is 0.929. The molecule has 6 heteroatoms. The molecule has 0 radical (unpaired) electrons. The first-order valence-electron chi connectivity index (χ1n) is 4.90. The highest BCUT2D eigenvalue weighted by Gasteiger charge is 2.40. The topological polar surface area (TPSA) is 54.4 Å². The van der Waals surface area contributed by atoms with Crippen LogP contribution in [0.1, 0.15) is 25.5 Å².